The molecule has 0 aliphatic heterocycles. The van der Waals surface area contributed by atoms with Gasteiger partial charge in [-0.2, -0.15) is 0 Å². The molecule has 1 aliphatic rings. The summed E-state index contributed by atoms with van der Waals surface area (Å²) in [6.45, 7) is 1.67. The van der Waals surface area contributed by atoms with Gasteiger partial charge in [-0.3, -0.25) is 4.99 Å². The van der Waals surface area contributed by atoms with Gasteiger partial charge in [0.15, 0.2) is 17.5 Å². The summed E-state index contributed by atoms with van der Waals surface area (Å²) in [5.74, 6) is 3.29. The van der Waals surface area contributed by atoms with Gasteiger partial charge in [-0.15, -0.1) is 0 Å². The van der Waals surface area contributed by atoms with E-state index in [9.17, 15) is 0 Å². The van der Waals surface area contributed by atoms with Crippen LogP contribution in [0.2, 0.25) is 0 Å². The summed E-state index contributed by atoms with van der Waals surface area (Å²) in [4.78, 5) is 4.29. The van der Waals surface area contributed by atoms with Gasteiger partial charge >= 0.3 is 0 Å². The molecular weight excluding hydrogens is 302 g/mol. The van der Waals surface area contributed by atoms with Crippen LogP contribution in [0, 0.1) is 5.92 Å². The van der Waals surface area contributed by atoms with Gasteiger partial charge in [0.05, 0.1) is 14.2 Å². The molecule has 2 N–H and O–H groups in total. The first-order valence-electron chi connectivity index (χ1n) is 8.92. The average molecular weight is 333 g/mol. The van der Waals surface area contributed by atoms with E-state index in [2.05, 4.69) is 15.6 Å². The highest BCUT2D eigenvalue weighted by atomic mass is 16.5. The molecule has 0 spiro atoms. The summed E-state index contributed by atoms with van der Waals surface area (Å²) in [7, 11) is 5.11. The molecule has 0 saturated heterocycles. The molecule has 1 aliphatic carbocycles. The largest absolute Gasteiger partial charge is 0.493 e. The van der Waals surface area contributed by atoms with Crippen molar-refractivity contribution in [2.24, 2.45) is 10.9 Å². The van der Waals surface area contributed by atoms with Crippen LogP contribution in [-0.2, 0) is 6.54 Å². The maximum absolute atomic E-state index is 5.34. The Morgan fingerprint density at radius 1 is 1.12 bits per heavy atom. The Balaban J connectivity index is 1.72. The SMILES string of the molecule is CN=C(NCCCC1CCCC1)NCc1ccc(OC)c(OC)c1. The van der Waals surface area contributed by atoms with Gasteiger partial charge in [-0.1, -0.05) is 31.7 Å². The van der Waals surface area contributed by atoms with E-state index in [0.717, 1.165) is 35.5 Å². The zero-order valence-corrected chi connectivity index (χ0v) is 15.2. The van der Waals surface area contributed by atoms with Crippen LogP contribution in [0.4, 0.5) is 0 Å². The third kappa shape index (κ3) is 5.62. The van der Waals surface area contributed by atoms with Crippen molar-refractivity contribution in [1.29, 1.82) is 0 Å². The van der Waals surface area contributed by atoms with Crippen LogP contribution in [0.3, 0.4) is 0 Å². The maximum Gasteiger partial charge on any atom is 0.191 e. The Morgan fingerprint density at radius 2 is 1.88 bits per heavy atom. The number of ether oxygens (including phenoxy) is 2. The van der Waals surface area contributed by atoms with Crippen molar-refractivity contribution in [2.45, 2.75) is 45.1 Å². The highest BCUT2D eigenvalue weighted by Gasteiger charge is 2.14. The molecular formula is C19H31N3O2. The molecule has 5 nitrogen and oxygen atoms in total. The zero-order valence-electron chi connectivity index (χ0n) is 15.2. The Kier molecular flexibility index (Phi) is 7.72. The van der Waals surface area contributed by atoms with Crippen LogP contribution in [0.5, 0.6) is 11.5 Å². The molecule has 1 aromatic carbocycles. The Hall–Kier alpha value is -1.91. The summed E-state index contributed by atoms with van der Waals surface area (Å²) >= 11 is 0. The smallest absolute Gasteiger partial charge is 0.191 e. The lowest BCUT2D eigenvalue weighted by Gasteiger charge is -2.14. The summed E-state index contributed by atoms with van der Waals surface area (Å²) in [5, 5.41) is 6.74. The Morgan fingerprint density at radius 3 is 2.54 bits per heavy atom. The third-order valence-electron chi connectivity index (χ3n) is 4.69. The molecule has 0 unspecified atom stereocenters. The van der Waals surface area contributed by atoms with E-state index in [1.165, 1.54) is 38.5 Å². The second-order valence-corrected chi connectivity index (χ2v) is 6.33. The Labute approximate surface area is 145 Å². The average Bonchev–Trinajstić information content (AvgIpc) is 3.14. The van der Waals surface area contributed by atoms with Crippen LogP contribution in [0.25, 0.3) is 0 Å². The molecule has 0 atom stereocenters. The Bertz CT molecular complexity index is 525. The number of nitrogens with zero attached hydrogens (tertiary/aromatic N) is 1. The summed E-state index contributed by atoms with van der Waals surface area (Å²) in [5.41, 5.74) is 1.13. The van der Waals surface area contributed by atoms with Crippen LogP contribution in [0.1, 0.15) is 44.1 Å². The van der Waals surface area contributed by atoms with Crippen LogP contribution < -0.4 is 20.1 Å². The molecule has 134 valence electrons. The van der Waals surface area contributed by atoms with E-state index in [4.69, 9.17) is 9.47 Å². The number of hydrogen-bond donors (Lipinski definition) is 2. The van der Waals surface area contributed by atoms with E-state index in [1.54, 1.807) is 21.3 Å². The molecule has 0 radical (unpaired) electrons. The van der Waals surface area contributed by atoms with Crippen LogP contribution >= 0.6 is 0 Å². The minimum Gasteiger partial charge on any atom is -0.493 e. The highest BCUT2D eigenvalue weighted by molar-refractivity contribution is 5.79. The van der Waals surface area contributed by atoms with Crippen molar-refractivity contribution in [3.05, 3.63) is 23.8 Å². The summed E-state index contributed by atoms with van der Waals surface area (Å²) in [6.07, 6.45) is 8.24. The van der Waals surface area contributed by atoms with Gasteiger partial charge < -0.3 is 20.1 Å². The standard InChI is InChI=1S/C19H31N3O2/c1-20-19(21-12-6-9-15-7-4-5-8-15)22-14-16-10-11-17(23-2)18(13-16)24-3/h10-11,13,15H,4-9,12,14H2,1-3H3,(H2,20,21,22). The lowest BCUT2D eigenvalue weighted by molar-refractivity contribution is 0.354. The lowest BCUT2D eigenvalue weighted by atomic mass is 10.0. The van der Waals surface area contributed by atoms with Crippen molar-refractivity contribution in [1.82, 2.24) is 10.6 Å². The van der Waals surface area contributed by atoms with Crippen molar-refractivity contribution in [3.63, 3.8) is 0 Å². The van der Waals surface area contributed by atoms with Gasteiger partial charge in [0.1, 0.15) is 0 Å². The van der Waals surface area contributed by atoms with Crippen LogP contribution in [0.15, 0.2) is 23.2 Å². The van der Waals surface area contributed by atoms with Gasteiger partial charge in [0.25, 0.3) is 0 Å². The fraction of sp³-hybridized carbons (Fsp3) is 0.632. The second kappa shape index (κ2) is 10.1. The van der Waals surface area contributed by atoms with Crippen molar-refractivity contribution >= 4 is 5.96 Å². The normalized spacial score (nSPS) is 15.4. The minimum atomic E-state index is 0.697. The summed E-state index contributed by atoms with van der Waals surface area (Å²) in [6, 6.07) is 5.94. The van der Waals surface area contributed by atoms with Gasteiger partial charge in [-0.25, -0.2) is 0 Å². The lowest BCUT2D eigenvalue weighted by Crippen LogP contribution is -2.37. The maximum atomic E-state index is 5.34. The summed E-state index contributed by atoms with van der Waals surface area (Å²) < 4.78 is 10.6. The monoisotopic (exact) mass is 333 g/mol. The molecule has 1 aromatic rings. The third-order valence-corrected chi connectivity index (χ3v) is 4.69. The quantitative estimate of drug-likeness (QED) is 0.435. The van der Waals surface area contributed by atoms with Crippen molar-refractivity contribution in [2.75, 3.05) is 27.8 Å². The predicted octanol–water partition coefficient (Wildman–Crippen LogP) is 3.34. The van der Waals surface area contributed by atoms with Gasteiger partial charge in [0, 0.05) is 20.1 Å². The topological polar surface area (TPSA) is 54.9 Å². The van der Waals surface area contributed by atoms with Crippen molar-refractivity contribution < 1.29 is 9.47 Å². The number of hydrogen-bond acceptors (Lipinski definition) is 3. The number of methoxy groups -OCH3 is 2. The number of nitrogens with one attached hydrogen (secondary N) is 2. The molecule has 2 rings (SSSR count). The van der Waals surface area contributed by atoms with E-state index in [1.807, 2.05) is 18.2 Å². The number of benzene rings is 1. The first-order chi connectivity index (χ1) is 11.8. The molecule has 0 aromatic heterocycles. The first kappa shape index (κ1) is 18.4. The van der Waals surface area contributed by atoms with E-state index in [0.29, 0.717) is 6.54 Å². The van der Waals surface area contributed by atoms with E-state index in [-0.39, 0.29) is 0 Å². The van der Waals surface area contributed by atoms with Gasteiger partial charge in [-0.05, 0) is 36.5 Å². The minimum absolute atomic E-state index is 0.697. The van der Waals surface area contributed by atoms with Crippen molar-refractivity contribution in [3.8, 4) is 11.5 Å². The van der Waals surface area contributed by atoms with Crippen LogP contribution in [-0.4, -0.2) is 33.8 Å². The molecule has 24 heavy (non-hydrogen) atoms. The predicted molar refractivity (Wildman–Crippen MR) is 98.9 cm³/mol. The molecule has 5 heteroatoms. The number of rotatable bonds is 8. The van der Waals surface area contributed by atoms with E-state index >= 15 is 0 Å². The number of aliphatic imine (C=N–C) groups is 1. The fourth-order valence-corrected chi connectivity index (χ4v) is 3.29. The first-order valence-corrected chi connectivity index (χ1v) is 8.92. The molecule has 0 amide bonds. The zero-order chi connectivity index (χ0) is 17.2. The molecule has 0 bridgehead atoms. The fourth-order valence-electron chi connectivity index (χ4n) is 3.29. The highest BCUT2D eigenvalue weighted by Crippen LogP contribution is 2.28. The second-order valence-electron chi connectivity index (χ2n) is 6.33. The number of guanidine groups is 1. The van der Waals surface area contributed by atoms with Gasteiger partial charge in [0.2, 0.25) is 0 Å². The molecule has 1 saturated carbocycles. The van der Waals surface area contributed by atoms with E-state index < -0.39 is 0 Å². The molecule has 1 fully saturated rings. The molecule has 0 heterocycles.